The van der Waals surface area contributed by atoms with Gasteiger partial charge in [0.1, 0.15) is 0 Å². The van der Waals surface area contributed by atoms with E-state index in [1.165, 1.54) is 0 Å². The number of carbonyl (C=O) groups excluding carboxylic acids is 3. The van der Waals surface area contributed by atoms with Crippen molar-refractivity contribution in [2.75, 3.05) is 18.0 Å². The molecule has 0 N–H and O–H groups in total. The third-order valence-corrected chi connectivity index (χ3v) is 4.54. The van der Waals surface area contributed by atoms with Gasteiger partial charge in [0.15, 0.2) is 0 Å². The maximum atomic E-state index is 12.4. The maximum Gasteiger partial charge on any atom is 0.338 e. The molecular weight excluding hydrogens is 324 g/mol. The summed E-state index contributed by atoms with van der Waals surface area (Å²) in [5, 5.41) is 0.566. The Morgan fingerprint density at radius 2 is 1.88 bits per heavy atom. The number of aromatic nitrogens is 2. The van der Waals surface area contributed by atoms with Crippen molar-refractivity contribution in [3.05, 3.63) is 47.8 Å². The second-order valence-corrected chi connectivity index (χ2v) is 6.13. The number of rotatable bonds is 3. The number of imidazole rings is 1. The highest BCUT2D eigenvalue weighted by atomic mass is 16.7. The molecule has 8 heteroatoms. The van der Waals surface area contributed by atoms with E-state index in [9.17, 15) is 14.4 Å². The zero-order chi connectivity index (χ0) is 17.6. The van der Waals surface area contributed by atoms with Crippen LogP contribution >= 0.6 is 0 Å². The molecule has 0 spiro atoms. The number of aryl methyl sites for hydroxylation is 1. The average molecular weight is 340 g/mol. The first kappa shape index (κ1) is 15.4. The van der Waals surface area contributed by atoms with Crippen LogP contribution in [-0.2, 0) is 16.7 Å². The van der Waals surface area contributed by atoms with Crippen LogP contribution in [0.15, 0.2) is 36.7 Å². The normalized spacial score (nSPS) is 19.5. The molecule has 3 heterocycles. The number of imide groups is 1. The smallest absolute Gasteiger partial charge is 0.338 e. The Hall–Kier alpha value is -3.16. The largest absolute Gasteiger partial charge is 0.341 e. The molecule has 0 radical (unpaired) electrons. The van der Waals surface area contributed by atoms with Gasteiger partial charge in [-0.05, 0) is 18.6 Å². The first-order valence-corrected chi connectivity index (χ1v) is 7.98. The molecule has 1 saturated heterocycles. The Labute approximate surface area is 143 Å². The molecule has 1 atom stereocenters. The molecule has 1 aromatic carbocycles. The van der Waals surface area contributed by atoms with Crippen LogP contribution in [0.2, 0.25) is 0 Å². The number of hydroxylamine groups is 2. The van der Waals surface area contributed by atoms with E-state index in [1.54, 1.807) is 30.5 Å². The summed E-state index contributed by atoms with van der Waals surface area (Å²) in [6.07, 6.45) is 4.11. The van der Waals surface area contributed by atoms with E-state index in [1.807, 2.05) is 22.7 Å². The van der Waals surface area contributed by atoms with Crippen molar-refractivity contribution in [2.24, 2.45) is 13.0 Å². The predicted octanol–water partition coefficient (Wildman–Crippen LogP) is 1.00. The lowest BCUT2D eigenvalue weighted by molar-refractivity contribution is -0.172. The van der Waals surface area contributed by atoms with E-state index in [0.717, 1.165) is 5.95 Å². The van der Waals surface area contributed by atoms with E-state index in [2.05, 4.69) is 4.98 Å². The molecule has 0 aliphatic carbocycles. The van der Waals surface area contributed by atoms with Gasteiger partial charge >= 0.3 is 5.97 Å². The van der Waals surface area contributed by atoms with Gasteiger partial charge in [-0.1, -0.05) is 17.2 Å². The third-order valence-electron chi connectivity index (χ3n) is 4.54. The van der Waals surface area contributed by atoms with Gasteiger partial charge in [0.05, 0.1) is 17.0 Å². The second kappa shape index (κ2) is 5.73. The summed E-state index contributed by atoms with van der Waals surface area (Å²) in [6, 6.07) is 6.41. The summed E-state index contributed by atoms with van der Waals surface area (Å²) in [4.78, 5) is 48.3. The lowest BCUT2D eigenvalue weighted by atomic mass is 10.1. The summed E-state index contributed by atoms with van der Waals surface area (Å²) in [5.74, 6) is -1.43. The Morgan fingerprint density at radius 3 is 2.48 bits per heavy atom. The minimum Gasteiger partial charge on any atom is -0.341 e. The van der Waals surface area contributed by atoms with Crippen molar-refractivity contribution in [3.63, 3.8) is 0 Å². The molecular formula is C17H16N4O4. The zero-order valence-corrected chi connectivity index (χ0v) is 13.6. The number of hydrogen-bond donors (Lipinski definition) is 0. The van der Waals surface area contributed by atoms with Crippen molar-refractivity contribution in [1.82, 2.24) is 14.6 Å². The van der Waals surface area contributed by atoms with E-state index < -0.39 is 23.7 Å². The van der Waals surface area contributed by atoms with E-state index in [4.69, 9.17) is 4.84 Å². The SMILES string of the molecule is Cn1ccnc1N1CCC(C(=O)ON2C(=O)c3ccccc3C2=O)C1. The number of amides is 2. The minimum atomic E-state index is -0.604. The molecule has 25 heavy (non-hydrogen) atoms. The lowest BCUT2D eigenvalue weighted by Gasteiger charge is -2.18. The fraction of sp³-hybridized carbons (Fsp3) is 0.294. The van der Waals surface area contributed by atoms with Crippen LogP contribution in [0.4, 0.5) is 5.95 Å². The van der Waals surface area contributed by atoms with Crippen LogP contribution in [-0.4, -0.2) is 45.5 Å². The van der Waals surface area contributed by atoms with E-state index in [-0.39, 0.29) is 11.1 Å². The number of benzene rings is 1. The molecule has 8 nitrogen and oxygen atoms in total. The molecule has 0 bridgehead atoms. The zero-order valence-electron chi connectivity index (χ0n) is 13.6. The summed E-state index contributed by atoms with van der Waals surface area (Å²) in [5.41, 5.74) is 0.503. The topological polar surface area (TPSA) is 84.7 Å². The van der Waals surface area contributed by atoms with Gasteiger partial charge in [0, 0.05) is 32.5 Å². The molecule has 1 fully saturated rings. The van der Waals surface area contributed by atoms with E-state index >= 15 is 0 Å². The van der Waals surface area contributed by atoms with Gasteiger partial charge in [-0.2, -0.15) is 0 Å². The molecule has 4 rings (SSSR count). The van der Waals surface area contributed by atoms with Gasteiger partial charge in [-0.15, -0.1) is 0 Å². The molecule has 2 aliphatic heterocycles. The van der Waals surface area contributed by atoms with Crippen LogP contribution in [0.3, 0.4) is 0 Å². The van der Waals surface area contributed by atoms with Crippen LogP contribution in [0.5, 0.6) is 0 Å². The first-order chi connectivity index (χ1) is 12.1. The number of fused-ring (bicyclic) bond motifs is 1. The second-order valence-electron chi connectivity index (χ2n) is 6.13. The van der Waals surface area contributed by atoms with Crippen molar-refractivity contribution in [1.29, 1.82) is 0 Å². The molecule has 2 aromatic rings. The summed E-state index contributed by atoms with van der Waals surface area (Å²) in [6.45, 7) is 1.10. The Kier molecular flexibility index (Phi) is 3.52. The summed E-state index contributed by atoms with van der Waals surface area (Å²) >= 11 is 0. The van der Waals surface area contributed by atoms with Crippen molar-refractivity contribution < 1.29 is 19.2 Å². The molecule has 128 valence electrons. The van der Waals surface area contributed by atoms with Crippen molar-refractivity contribution in [3.8, 4) is 0 Å². The monoisotopic (exact) mass is 340 g/mol. The van der Waals surface area contributed by atoms with Crippen LogP contribution in [0.25, 0.3) is 0 Å². The fourth-order valence-corrected chi connectivity index (χ4v) is 3.21. The van der Waals surface area contributed by atoms with Gasteiger partial charge in [0.2, 0.25) is 5.95 Å². The Balaban J connectivity index is 1.44. The van der Waals surface area contributed by atoms with Gasteiger partial charge in [-0.25, -0.2) is 9.78 Å². The minimum absolute atomic E-state index is 0.251. The highest BCUT2D eigenvalue weighted by Gasteiger charge is 2.41. The standard InChI is InChI=1S/C17H16N4O4/c1-19-9-7-18-17(19)20-8-6-11(10-20)16(24)25-21-14(22)12-4-2-3-5-13(12)15(21)23/h2-5,7,9,11H,6,8,10H2,1H3. The van der Waals surface area contributed by atoms with Crippen molar-refractivity contribution in [2.45, 2.75) is 6.42 Å². The van der Waals surface area contributed by atoms with E-state index in [0.29, 0.717) is 24.6 Å². The molecule has 1 aromatic heterocycles. The first-order valence-electron chi connectivity index (χ1n) is 7.98. The number of anilines is 1. The van der Waals surface area contributed by atoms with Gasteiger partial charge < -0.3 is 14.3 Å². The Morgan fingerprint density at radius 1 is 1.20 bits per heavy atom. The third kappa shape index (κ3) is 2.46. The molecule has 1 unspecified atom stereocenters. The number of carbonyl (C=O) groups is 3. The van der Waals surface area contributed by atoms with Gasteiger partial charge in [-0.3, -0.25) is 9.59 Å². The number of hydrogen-bond acceptors (Lipinski definition) is 6. The number of nitrogens with zero attached hydrogens (tertiary/aromatic N) is 4. The lowest BCUT2D eigenvalue weighted by Crippen LogP contribution is -2.36. The summed E-state index contributed by atoms with van der Waals surface area (Å²) < 4.78 is 1.87. The molecule has 0 saturated carbocycles. The van der Waals surface area contributed by atoms with Gasteiger partial charge in [0.25, 0.3) is 11.8 Å². The van der Waals surface area contributed by atoms with Crippen LogP contribution < -0.4 is 4.90 Å². The highest BCUT2D eigenvalue weighted by molar-refractivity contribution is 6.20. The Bertz CT molecular complexity index is 840. The maximum absolute atomic E-state index is 12.4. The highest BCUT2D eigenvalue weighted by Crippen LogP contribution is 2.26. The van der Waals surface area contributed by atoms with Crippen LogP contribution in [0.1, 0.15) is 27.1 Å². The van der Waals surface area contributed by atoms with Crippen molar-refractivity contribution >= 4 is 23.7 Å². The van der Waals surface area contributed by atoms with Crippen LogP contribution in [0, 0.1) is 5.92 Å². The average Bonchev–Trinajstić information content (AvgIpc) is 3.31. The predicted molar refractivity (Wildman–Crippen MR) is 86.6 cm³/mol. The molecule has 2 amide bonds. The fourth-order valence-electron chi connectivity index (χ4n) is 3.21. The quantitative estimate of drug-likeness (QED) is 0.775. The molecule has 2 aliphatic rings. The summed E-state index contributed by atoms with van der Waals surface area (Å²) in [7, 11) is 1.88.